The Hall–Kier alpha value is -1.98. The van der Waals surface area contributed by atoms with E-state index in [4.69, 9.17) is 14.3 Å². The highest BCUT2D eigenvalue weighted by molar-refractivity contribution is 7.97. The van der Waals surface area contributed by atoms with E-state index in [1.165, 1.54) is 11.9 Å². The minimum Gasteiger partial charge on any atom is -0.478 e. The van der Waals surface area contributed by atoms with Crippen LogP contribution in [0.4, 0.5) is 0 Å². The first-order valence-electron chi connectivity index (χ1n) is 7.08. The third kappa shape index (κ3) is 2.36. The van der Waals surface area contributed by atoms with E-state index < -0.39 is 5.60 Å². The summed E-state index contributed by atoms with van der Waals surface area (Å²) < 4.78 is 11.5. The second-order valence-electron chi connectivity index (χ2n) is 5.34. The van der Waals surface area contributed by atoms with E-state index in [1.54, 1.807) is 18.4 Å². The molecule has 2 N–H and O–H groups in total. The van der Waals surface area contributed by atoms with Gasteiger partial charge in [-0.2, -0.15) is 0 Å². The van der Waals surface area contributed by atoms with E-state index in [0.717, 1.165) is 10.5 Å². The van der Waals surface area contributed by atoms with Gasteiger partial charge < -0.3 is 9.15 Å². The van der Waals surface area contributed by atoms with Crippen molar-refractivity contribution >= 4 is 29.1 Å². The van der Waals surface area contributed by atoms with Gasteiger partial charge in [0.2, 0.25) is 5.78 Å². The van der Waals surface area contributed by atoms with Gasteiger partial charge in [-0.15, -0.1) is 0 Å². The molecule has 1 aromatic carbocycles. The lowest BCUT2D eigenvalue weighted by atomic mass is 9.92. The van der Waals surface area contributed by atoms with E-state index in [1.807, 2.05) is 38.1 Å². The van der Waals surface area contributed by atoms with Crippen LogP contribution in [0.5, 0.6) is 0 Å². The van der Waals surface area contributed by atoms with Crippen LogP contribution >= 0.6 is 11.9 Å². The number of Topliss-reactive ketones (excluding diaryl/α,β-unsaturated/α-hetero) is 1. The first-order chi connectivity index (χ1) is 10.6. The molecule has 4 nitrogen and oxygen atoms in total. The second kappa shape index (κ2) is 5.66. The smallest absolute Gasteiger partial charge is 0.213 e. The van der Waals surface area contributed by atoms with Crippen molar-refractivity contribution in [2.24, 2.45) is 5.14 Å². The first-order valence-corrected chi connectivity index (χ1v) is 7.96. The Balaban J connectivity index is 2.12. The van der Waals surface area contributed by atoms with Crippen molar-refractivity contribution in [3.63, 3.8) is 0 Å². The Morgan fingerprint density at radius 3 is 2.50 bits per heavy atom. The molecule has 0 fully saturated rings. The maximum absolute atomic E-state index is 12.8. The van der Waals surface area contributed by atoms with Crippen LogP contribution in [-0.4, -0.2) is 11.4 Å². The van der Waals surface area contributed by atoms with Crippen LogP contribution in [0.15, 0.2) is 52.0 Å². The molecule has 2 aromatic rings. The fraction of sp³-hybridized carbons (Fsp3) is 0.235. The van der Waals surface area contributed by atoms with Crippen molar-refractivity contribution in [1.82, 2.24) is 0 Å². The zero-order chi connectivity index (χ0) is 15.7. The normalized spacial score (nSPS) is 21.3. The Bertz CT molecular complexity index is 719. The summed E-state index contributed by atoms with van der Waals surface area (Å²) in [6.07, 6.45) is 2.15. The summed E-state index contributed by atoms with van der Waals surface area (Å²) in [6, 6.07) is 11.2. The molecule has 114 valence electrons. The molecule has 1 unspecified atom stereocenters. The predicted octanol–water partition coefficient (Wildman–Crippen LogP) is 3.88. The van der Waals surface area contributed by atoms with Gasteiger partial charge >= 0.3 is 0 Å². The van der Waals surface area contributed by atoms with E-state index >= 15 is 0 Å². The summed E-state index contributed by atoms with van der Waals surface area (Å²) in [5.41, 5.74) is 0.496. The van der Waals surface area contributed by atoms with Crippen LogP contribution < -0.4 is 5.14 Å². The first kappa shape index (κ1) is 14.9. The van der Waals surface area contributed by atoms with E-state index in [9.17, 15) is 4.79 Å². The number of ketones is 1. The molecule has 0 saturated carbocycles. The minimum atomic E-state index is -0.848. The zero-order valence-electron chi connectivity index (χ0n) is 12.5. The fourth-order valence-electron chi connectivity index (χ4n) is 2.46. The Kier molecular flexibility index (Phi) is 3.85. The molecule has 1 aromatic heterocycles. The third-order valence-corrected chi connectivity index (χ3v) is 4.50. The molecule has 2 heterocycles. The van der Waals surface area contributed by atoms with Gasteiger partial charge in [-0.3, -0.25) is 9.93 Å². The summed E-state index contributed by atoms with van der Waals surface area (Å²) in [6.45, 7) is 3.75. The highest BCUT2D eigenvalue weighted by Gasteiger charge is 2.46. The number of hydrogen-bond donors (Lipinski definition) is 1. The third-order valence-electron chi connectivity index (χ3n) is 3.96. The zero-order valence-corrected chi connectivity index (χ0v) is 13.3. The number of carbonyl (C=O) groups excluding carboxylic acids is 1. The van der Waals surface area contributed by atoms with Crippen molar-refractivity contribution in [1.29, 1.82) is 0 Å². The number of rotatable bonds is 4. The molecule has 1 aliphatic heterocycles. The highest BCUT2D eigenvalue weighted by Crippen LogP contribution is 2.43. The van der Waals surface area contributed by atoms with Crippen molar-refractivity contribution in [3.05, 3.63) is 54.0 Å². The molecule has 0 radical (unpaired) electrons. The molecule has 1 atom stereocenters. The SMILES string of the molecule is CCC1(C)OC(c2ccc(SN)cc2)=C(c2ccco2)C1=O. The Morgan fingerprint density at radius 1 is 1.23 bits per heavy atom. The molecule has 0 bridgehead atoms. The summed E-state index contributed by atoms with van der Waals surface area (Å²) in [4.78, 5) is 13.7. The molecule has 3 rings (SSSR count). The topological polar surface area (TPSA) is 65.5 Å². The molecule has 22 heavy (non-hydrogen) atoms. The van der Waals surface area contributed by atoms with Crippen LogP contribution in [0.3, 0.4) is 0 Å². The lowest BCUT2D eigenvalue weighted by Crippen LogP contribution is -2.32. The van der Waals surface area contributed by atoms with Crippen LogP contribution in [0.25, 0.3) is 11.3 Å². The van der Waals surface area contributed by atoms with Gasteiger partial charge in [-0.25, -0.2) is 0 Å². The monoisotopic (exact) mass is 315 g/mol. The van der Waals surface area contributed by atoms with Crippen LogP contribution in [-0.2, 0) is 9.53 Å². The second-order valence-corrected chi connectivity index (χ2v) is 6.05. The van der Waals surface area contributed by atoms with Crippen LogP contribution in [0, 0.1) is 0 Å². The number of hydrogen-bond acceptors (Lipinski definition) is 5. The molecular formula is C17H17NO3S. The molecular weight excluding hydrogens is 298 g/mol. The number of furan rings is 1. The van der Waals surface area contributed by atoms with Gasteiger partial charge in [-0.05, 0) is 49.6 Å². The molecule has 0 saturated heterocycles. The lowest BCUT2D eigenvalue weighted by Gasteiger charge is -2.21. The van der Waals surface area contributed by atoms with E-state index in [2.05, 4.69) is 0 Å². The minimum absolute atomic E-state index is 0.0442. The van der Waals surface area contributed by atoms with Gasteiger partial charge in [0.1, 0.15) is 17.1 Å². The van der Waals surface area contributed by atoms with Crippen molar-refractivity contribution < 1.29 is 13.9 Å². The van der Waals surface area contributed by atoms with Crippen molar-refractivity contribution in [2.75, 3.05) is 0 Å². The van der Waals surface area contributed by atoms with E-state index in [0.29, 0.717) is 23.5 Å². The Morgan fingerprint density at radius 2 is 1.95 bits per heavy atom. The standard InChI is InChI=1S/C17H17NO3S/c1-3-17(2)16(19)14(13-5-4-10-20-13)15(21-17)11-6-8-12(22-18)9-7-11/h4-10H,3,18H2,1-2H3. The van der Waals surface area contributed by atoms with Gasteiger partial charge in [-0.1, -0.05) is 19.1 Å². The van der Waals surface area contributed by atoms with Gasteiger partial charge in [0, 0.05) is 10.5 Å². The summed E-state index contributed by atoms with van der Waals surface area (Å²) >= 11 is 1.18. The fourth-order valence-corrected chi connectivity index (χ4v) is 2.75. The number of ether oxygens (including phenoxy) is 1. The van der Waals surface area contributed by atoms with Gasteiger partial charge in [0.25, 0.3) is 0 Å². The number of benzene rings is 1. The summed E-state index contributed by atoms with van der Waals surface area (Å²) in [5, 5.41) is 5.55. The molecule has 0 aliphatic carbocycles. The van der Waals surface area contributed by atoms with Crippen molar-refractivity contribution in [2.45, 2.75) is 30.8 Å². The number of carbonyl (C=O) groups is 1. The lowest BCUT2D eigenvalue weighted by molar-refractivity contribution is -0.126. The van der Waals surface area contributed by atoms with Crippen LogP contribution in [0.1, 0.15) is 31.6 Å². The summed E-state index contributed by atoms with van der Waals surface area (Å²) in [7, 11) is 0. The van der Waals surface area contributed by atoms with Gasteiger partial charge in [0.05, 0.1) is 6.26 Å². The average molecular weight is 315 g/mol. The predicted molar refractivity (Wildman–Crippen MR) is 86.8 cm³/mol. The number of nitrogens with two attached hydrogens (primary N) is 1. The maximum Gasteiger partial charge on any atom is 0.213 e. The Labute approximate surface area is 133 Å². The quantitative estimate of drug-likeness (QED) is 0.867. The van der Waals surface area contributed by atoms with Gasteiger partial charge in [0.15, 0.2) is 5.60 Å². The van der Waals surface area contributed by atoms with Crippen molar-refractivity contribution in [3.8, 4) is 0 Å². The highest BCUT2D eigenvalue weighted by atomic mass is 32.2. The average Bonchev–Trinajstić information content (AvgIpc) is 3.15. The molecule has 1 aliphatic rings. The molecule has 0 amide bonds. The maximum atomic E-state index is 12.8. The molecule has 5 heteroatoms. The van der Waals surface area contributed by atoms with Crippen LogP contribution in [0.2, 0.25) is 0 Å². The molecule has 0 spiro atoms. The largest absolute Gasteiger partial charge is 0.478 e. The van der Waals surface area contributed by atoms with E-state index in [-0.39, 0.29) is 5.78 Å². The summed E-state index contributed by atoms with van der Waals surface area (Å²) in [5.74, 6) is 1.06.